The van der Waals surface area contributed by atoms with Crippen LogP contribution in [0.25, 0.3) is 0 Å². The number of carbonyl (C=O) groups is 2. The molecule has 1 aromatic carbocycles. The molecule has 1 amide bonds. The van der Waals surface area contributed by atoms with Crippen molar-refractivity contribution in [1.29, 1.82) is 0 Å². The normalized spacial score (nSPS) is 19.8. The Bertz CT molecular complexity index is 547. The van der Waals surface area contributed by atoms with Gasteiger partial charge in [-0.3, -0.25) is 14.6 Å². The maximum atomic E-state index is 12.4. The minimum absolute atomic E-state index is 0.0332. The Morgan fingerprint density at radius 1 is 1.23 bits per heavy atom. The smallest absolute Gasteiger partial charge is 0.244 e. The minimum Gasteiger partial charge on any atom is -0.297 e. The van der Waals surface area contributed by atoms with Gasteiger partial charge in [-0.2, -0.15) is 0 Å². The lowest BCUT2D eigenvalue weighted by Gasteiger charge is -2.43. The van der Waals surface area contributed by atoms with Gasteiger partial charge in [-0.25, -0.2) is 5.01 Å². The number of carbonyl (C=O) groups excluding carboxylic acids is 2. The van der Waals surface area contributed by atoms with Gasteiger partial charge in [-0.15, -0.1) is 9.24 Å². The quantitative estimate of drug-likeness (QED) is 0.596. The lowest BCUT2D eigenvalue weighted by molar-refractivity contribution is -0.171. The Morgan fingerprint density at radius 2 is 2.00 bits per heavy atom. The van der Waals surface area contributed by atoms with Crippen molar-refractivity contribution in [3.8, 4) is 0 Å². The Balaban J connectivity index is 2.24. The molecule has 0 aromatic heterocycles. The van der Waals surface area contributed by atoms with Gasteiger partial charge in [0.2, 0.25) is 5.91 Å². The van der Waals surface area contributed by atoms with E-state index in [4.69, 9.17) is 0 Å². The van der Waals surface area contributed by atoms with Gasteiger partial charge in [0.05, 0.1) is 19.0 Å². The van der Waals surface area contributed by atoms with Gasteiger partial charge >= 0.3 is 0 Å². The van der Waals surface area contributed by atoms with Gasteiger partial charge in [-0.1, -0.05) is 38.5 Å². The molecule has 0 N–H and O–H groups in total. The first kappa shape index (κ1) is 17.1. The van der Waals surface area contributed by atoms with Gasteiger partial charge in [-0.05, 0) is 29.8 Å². The molecule has 0 saturated carbocycles. The van der Waals surface area contributed by atoms with Crippen LogP contribution in [0.1, 0.15) is 45.1 Å². The van der Waals surface area contributed by atoms with Crippen LogP contribution in [0, 0.1) is 0 Å². The first-order valence-corrected chi connectivity index (χ1v) is 8.58. The summed E-state index contributed by atoms with van der Waals surface area (Å²) in [5.41, 5.74) is 1.09. The number of benzene rings is 1. The maximum absolute atomic E-state index is 12.4. The van der Waals surface area contributed by atoms with Gasteiger partial charge in [0.1, 0.15) is 0 Å². The van der Waals surface area contributed by atoms with Crippen LogP contribution in [-0.4, -0.2) is 34.3 Å². The molecule has 2 unspecified atom stereocenters. The zero-order chi connectivity index (χ0) is 16.1. The predicted molar refractivity (Wildman–Crippen MR) is 91.7 cm³/mol. The van der Waals surface area contributed by atoms with E-state index in [2.05, 4.69) is 29.2 Å². The van der Waals surface area contributed by atoms with Gasteiger partial charge < -0.3 is 0 Å². The Labute approximate surface area is 135 Å². The molecule has 2 rings (SSSR count). The van der Waals surface area contributed by atoms with Crippen molar-refractivity contribution in [2.24, 2.45) is 0 Å². The van der Waals surface area contributed by atoms with E-state index in [0.717, 1.165) is 36.7 Å². The molecule has 1 fully saturated rings. The molecule has 1 aliphatic rings. The van der Waals surface area contributed by atoms with E-state index in [-0.39, 0.29) is 24.2 Å². The number of rotatable bonds is 6. The van der Waals surface area contributed by atoms with E-state index in [1.54, 1.807) is 5.01 Å². The highest BCUT2D eigenvalue weighted by Crippen LogP contribution is 2.22. The number of hydrogen-bond acceptors (Lipinski definition) is 3. The molecule has 0 radical (unpaired) electrons. The molecule has 22 heavy (non-hydrogen) atoms. The third kappa shape index (κ3) is 3.93. The topological polar surface area (TPSA) is 40.6 Å². The molecule has 1 saturated heterocycles. The molecule has 120 valence electrons. The molecule has 0 aliphatic carbocycles. The Morgan fingerprint density at radius 3 is 2.64 bits per heavy atom. The predicted octanol–water partition coefficient (Wildman–Crippen LogP) is 2.28. The molecule has 1 aromatic rings. The van der Waals surface area contributed by atoms with Crippen molar-refractivity contribution < 1.29 is 9.59 Å². The number of amides is 1. The van der Waals surface area contributed by atoms with E-state index in [1.807, 2.05) is 23.2 Å². The monoisotopic (exact) mass is 320 g/mol. The zero-order valence-corrected chi connectivity index (χ0v) is 14.6. The highest BCUT2D eigenvalue weighted by molar-refractivity contribution is 7.27. The highest BCUT2D eigenvalue weighted by Gasteiger charge is 2.38. The van der Waals surface area contributed by atoms with Gasteiger partial charge in [0.25, 0.3) is 0 Å². The van der Waals surface area contributed by atoms with Crippen LogP contribution in [0.5, 0.6) is 0 Å². The van der Waals surface area contributed by atoms with E-state index >= 15 is 0 Å². The SMILES string of the molecule is CCCC1C(=O)CC(=O)N(Cc2cccc(P)c2)N1CCC. The summed E-state index contributed by atoms with van der Waals surface area (Å²) in [5, 5.41) is 4.88. The van der Waals surface area contributed by atoms with Crippen LogP contribution >= 0.6 is 9.24 Å². The number of ketones is 1. The van der Waals surface area contributed by atoms with Crippen LogP contribution in [0.3, 0.4) is 0 Å². The lowest BCUT2D eigenvalue weighted by atomic mass is 10.0. The first-order chi connectivity index (χ1) is 10.6. The number of hydrazine groups is 1. The second kappa shape index (κ2) is 7.85. The molecule has 1 heterocycles. The van der Waals surface area contributed by atoms with Crippen molar-refractivity contribution in [3.05, 3.63) is 29.8 Å². The summed E-state index contributed by atoms with van der Waals surface area (Å²) in [7, 11) is 2.68. The molecule has 1 aliphatic heterocycles. The number of Topliss-reactive ketones (excluding diaryl/α,β-unsaturated/α-hetero) is 1. The first-order valence-electron chi connectivity index (χ1n) is 8.00. The molecule has 0 bridgehead atoms. The van der Waals surface area contributed by atoms with Crippen LogP contribution in [0.4, 0.5) is 0 Å². The van der Waals surface area contributed by atoms with Crippen LogP contribution in [-0.2, 0) is 16.1 Å². The zero-order valence-electron chi connectivity index (χ0n) is 13.4. The third-order valence-corrected chi connectivity index (χ3v) is 4.31. The largest absolute Gasteiger partial charge is 0.297 e. The molecule has 4 nitrogen and oxygen atoms in total. The van der Waals surface area contributed by atoms with Crippen LogP contribution in [0.2, 0.25) is 0 Å². The Hall–Kier alpha value is -1.25. The van der Waals surface area contributed by atoms with Gasteiger partial charge in [0.15, 0.2) is 5.78 Å². The molecule has 5 heteroatoms. The van der Waals surface area contributed by atoms with Crippen molar-refractivity contribution in [1.82, 2.24) is 10.0 Å². The van der Waals surface area contributed by atoms with E-state index in [0.29, 0.717) is 6.54 Å². The summed E-state index contributed by atoms with van der Waals surface area (Å²) in [5.74, 6) is -0.0173. The van der Waals surface area contributed by atoms with Crippen LogP contribution < -0.4 is 5.30 Å². The molecule has 0 spiro atoms. The average molecular weight is 320 g/mol. The fourth-order valence-electron chi connectivity index (χ4n) is 2.97. The lowest BCUT2D eigenvalue weighted by Crippen LogP contribution is -2.59. The van der Waals surface area contributed by atoms with E-state index in [1.165, 1.54) is 0 Å². The van der Waals surface area contributed by atoms with E-state index in [9.17, 15) is 9.59 Å². The van der Waals surface area contributed by atoms with Crippen molar-refractivity contribution in [2.75, 3.05) is 6.54 Å². The maximum Gasteiger partial charge on any atom is 0.244 e. The fraction of sp³-hybridized carbons (Fsp3) is 0.529. The second-order valence-electron chi connectivity index (χ2n) is 5.81. The number of hydrogen-bond donors (Lipinski definition) is 0. The average Bonchev–Trinajstić information content (AvgIpc) is 2.47. The third-order valence-electron chi connectivity index (χ3n) is 3.95. The summed E-state index contributed by atoms with van der Waals surface area (Å²) in [6, 6.07) is 7.94. The summed E-state index contributed by atoms with van der Waals surface area (Å²) in [6.07, 6.45) is 2.71. The minimum atomic E-state index is -0.151. The number of nitrogens with zero attached hydrogens (tertiary/aromatic N) is 2. The Kier molecular flexibility index (Phi) is 6.10. The molecule has 2 atom stereocenters. The highest BCUT2D eigenvalue weighted by atomic mass is 31.0. The van der Waals surface area contributed by atoms with Crippen LogP contribution in [0.15, 0.2) is 24.3 Å². The van der Waals surface area contributed by atoms with Crippen molar-refractivity contribution in [3.63, 3.8) is 0 Å². The van der Waals surface area contributed by atoms with E-state index < -0.39 is 0 Å². The van der Waals surface area contributed by atoms with Crippen molar-refractivity contribution >= 4 is 26.2 Å². The summed E-state index contributed by atoms with van der Waals surface area (Å²) < 4.78 is 0. The molecular weight excluding hydrogens is 295 g/mol. The standard InChI is InChI=1S/C17H25N2O2P/c1-3-6-15-16(20)11-17(21)19(18(15)9-4-2)12-13-7-5-8-14(22)10-13/h5,7-8,10,15H,3-4,6,9,11-12,22H2,1-2H3. The van der Waals surface area contributed by atoms with Gasteiger partial charge in [0, 0.05) is 6.54 Å². The fourth-order valence-corrected chi connectivity index (χ4v) is 3.29. The summed E-state index contributed by atoms with van der Waals surface area (Å²) in [4.78, 5) is 24.6. The van der Waals surface area contributed by atoms with Crippen molar-refractivity contribution in [2.45, 2.75) is 52.1 Å². The second-order valence-corrected chi connectivity index (χ2v) is 6.47. The summed E-state index contributed by atoms with van der Waals surface area (Å²) >= 11 is 0. The molecular formula is C17H25N2O2P. The summed E-state index contributed by atoms with van der Waals surface area (Å²) in [6.45, 7) is 5.43.